The number of amides is 1. The number of hydrogen-bond acceptors (Lipinski definition) is 3. The van der Waals surface area contributed by atoms with Crippen molar-refractivity contribution in [3.63, 3.8) is 0 Å². The second-order valence-electron chi connectivity index (χ2n) is 6.69. The molecule has 4 nitrogen and oxygen atoms in total. The van der Waals surface area contributed by atoms with Gasteiger partial charge in [0, 0.05) is 18.1 Å². The molecule has 1 amide bonds. The second-order valence-corrected chi connectivity index (χ2v) is 6.69. The Hall–Kier alpha value is -1.55. The highest BCUT2D eigenvalue weighted by Gasteiger charge is 2.22. The van der Waals surface area contributed by atoms with E-state index in [1.54, 1.807) is 0 Å². The highest BCUT2D eigenvalue weighted by molar-refractivity contribution is 5.76. The minimum absolute atomic E-state index is 0.0866. The van der Waals surface area contributed by atoms with E-state index in [0.717, 1.165) is 25.1 Å². The summed E-state index contributed by atoms with van der Waals surface area (Å²) in [6.07, 6.45) is 2.66. The number of nitrogens with one attached hydrogen (secondary N) is 2. The van der Waals surface area contributed by atoms with Crippen LogP contribution in [0, 0.1) is 0 Å². The zero-order valence-electron chi connectivity index (χ0n) is 13.2. The Labute approximate surface area is 127 Å². The Balaban J connectivity index is 1.68. The van der Waals surface area contributed by atoms with Crippen molar-refractivity contribution in [2.75, 3.05) is 6.61 Å². The number of rotatable bonds is 7. The summed E-state index contributed by atoms with van der Waals surface area (Å²) in [7, 11) is 0. The zero-order valence-corrected chi connectivity index (χ0v) is 13.2. The van der Waals surface area contributed by atoms with Crippen LogP contribution < -0.4 is 15.4 Å². The molecule has 0 atom stereocenters. The third kappa shape index (κ3) is 6.63. The molecule has 2 N–H and O–H groups in total. The van der Waals surface area contributed by atoms with Crippen molar-refractivity contribution in [3.8, 4) is 5.75 Å². The lowest BCUT2D eigenvalue weighted by molar-refractivity contribution is -0.121. The molecule has 0 saturated heterocycles. The topological polar surface area (TPSA) is 50.4 Å². The number of carbonyl (C=O) groups excluding carboxylic acids is 1. The van der Waals surface area contributed by atoms with E-state index in [9.17, 15) is 4.79 Å². The van der Waals surface area contributed by atoms with Gasteiger partial charge < -0.3 is 15.4 Å². The largest absolute Gasteiger partial charge is 0.493 e. The summed E-state index contributed by atoms with van der Waals surface area (Å²) in [5.41, 5.74) is 1.34. The fraction of sp³-hybridized carbons (Fsp3) is 0.588. The van der Waals surface area contributed by atoms with E-state index in [1.165, 1.54) is 5.56 Å². The predicted octanol–water partition coefficient (Wildman–Crippen LogP) is 2.62. The van der Waals surface area contributed by atoms with Crippen LogP contribution >= 0.6 is 0 Å². The maximum atomic E-state index is 11.5. The average Bonchev–Trinajstić information content (AvgIpc) is 3.21. The van der Waals surface area contributed by atoms with Crippen molar-refractivity contribution in [2.24, 2.45) is 0 Å². The summed E-state index contributed by atoms with van der Waals surface area (Å²) in [5, 5.41) is 6.40. The molecule has 0 bridgehead atoms. The molecule has 0 radical (unpaired) electrons. The van der Waals surface area contributed by atoms with Gasteiger partial charge in [-0.05, 0) is 51.3 Å². The van der Waals surface area contributed by atoms with E-state index in [0.29, 0.717) is 19.1 Å². The highest BCUT2D eigenvalue weighted by atomic mass is 16.5. The fourth-order valence-corrected chi connectivity index (χ4v) is 1.86. The van der Waals surface area contributed by atoms with Gasteiger partial charge in [-0.2, -0.15) is 0 Å². The Morgan fingerprint density at radius 3 is 2.48 bits per heavy atom. The Bertz CT molecular complexity index is 459. The lowest BCUT2D eigenvalue weighted by Crippen LogP contribution is -2.35. The molecule has 4 heteroatoms. The molecule has 0 aliphatic heterocycles. The summed E-state index contributed by atoms with van der Waals surface area (Å²) in [6.45, 7) is 7.72. The molecule has 1 saturated carbocycles. The SMILES string of the molecule is CC(C)(C)NCc1ccc(OCCC(=O)NC2CC2)cc1. The maximum Gasteiger partial charge on any atom is 0.223 e. The van der Waals surface area contributed by atoms with Crippen LogP contribution in [0.25, 0.3) is 0 Å². The van der Waals surface area contributed by atoms with E-state index < -0.39 is 0 Å². The lowest BCUT2D eigenvalue weighted by Gasteiger charge is -2.20. The van der Waals surface area contributed by atoms with Crippen LogP contribution in [0.1, 0.15) is 45.6 Å². The Kier molecular flexibility index (Phi) is 5.23. The van der Waals surface area contributed by atoms with E-state index in [4.69, 9.17) is 4.74 Å². The average molecular weight is 290 g/mol. The molecule has 1 aromatic carbocycles. The first-order chi connectivity index (χ1) is 9.92. The van der Waals surface area contributed by atoms with Gasteiger partial charge >= 0.3 is 0 Å². The molecule has 21 heavy (non-hydrogen) atoms. The molecule has 0 heterocycles. The van der Waals surface area contributed by atoms with E-state index in [-0.39, 0.29) is 11.4 Å². The molecule has 1 aliphatic carbocycles. The van der Waals surface area contributed by atoms with Crippen LogP contribution in [0.3, 0.4) is 0 Å². The van der Waals surface area contributed by atoms with E-state index in [1.807, 2.05) is 12.1 Å². The molecule has 116 valence electrons. The molecule has 0 spiro atoms. The van der Waals surface area contributed by atoms with Gasteiger partial charge in [-0.3, -0.25) is 4.79 Å². The number of hydrogen-bond donors (Lipinski definition) is 2. The van der Waals surface area contributed by atoms with Gasteiger partial charge in [0.15, 0.2) is 0 Å². The minimum atomic E-state index is 0.0866. The second kappa shape index (κ2) is 6.94. The van der Waals surface area contributed by atoms with E-state index in [2.05, 4.69) is 43.5 Å². The van der Waals surface area contributed by atoms with Crippen molar-refractivity contribution < 1.29 is 9.53 Å². The smallest absolute Gasteiger partial charge is 0.223 e. The standard InChI is InChI=1S/C17H26N2O2/c1-17(2,3)18-12-13-4-8-15(9-5-13)21-11-10-16(20)19-14-6-7-14/h4-5,8-9,14,18H,6-7,10-12H2,1-3H3,(H,19,20). The van der Waals surface area contributed by atoms with Gasteiger partial charge in [-0.1, -0.05) is 12.1 Å². The molecular weight excluding hydrogens is 264 g/mol. The predicted molar refractivity (Wildman–Crippen MR) is 84.3 cm³/mol. The van der Waals surface area contributed by atoms with Gasteiger partial charge in [-0.15, -0.1) is 0 Å². The minimum Gasteiger partial charge on any atom is -0.493 e. The monoisotopic (exact) mass is 290 g/mol. The van der Waals surface area contributed by atoms with Crippen molar-refractivity contribution in [3.05, 3.63) is 29.8 Å². The van der Waals surface area contributed by atoms with Crippen LogP contribution in [-0.4, -0.2) is 24.1 Å². The van der Waals surface area contributed by atoms with Crippen molar-refractivity contribution in [1.29, 1.82) is 0 Å². The molecule has 1 aromatic rings. The molecule has 0 aromatic heterocycles. The normalized spacial score (nSPS) is 14.8. The summed E-state index contributed by atoms with van der Waals surface area (Å²) in [6, 6.07) is 8.44. The summed E-state index contributed by atoms with van der Waals surface area (Å²) < 4.78 is 5.60. The number of carbonyl (C=O) groups is 1. The highest BCUT2D eigenvalue weighted by Crippen LogP contribution is 2.18. The first-order valence-corrected chi connectivity index (χ1v) is 7.68. The van der Waals surface area contributed by atoms with E-state index >= 15 is 0 Å². The molecule has 1 aliphatic rings. The lowest BCUT2D eigenvalue weighted by atomic mass is 10.1. The zero-order chi connectivity index (χ0) is 15.3. The van der Waals surface area contributed by atoms with Crippen molar-refractivity contribution >= 4 is 5.91 Å². The van der Waals surface area contributed by atoms with Crippen molar-refractivity contribution in [2.45, 2.75) is 58.2 Å². The Morgan fingerprint density at radius 1 is 1.24 bits per heavy atom. The number of ether oxygens (including phenoxy) is 1. The van der Waals surface area contributed by atoms with Gasteiger partial charge in [0.1, 0.15) is 5.75 Å². The van der Waals surface area contributed by atoms with Gasteiger partial charge in [0.05, 0.1) is 13.0 Å². The van der Waals surface area contributed by atoms with Crippen LogP contribution in [0.4, 0.5) is 0 Å². The quantitative estimate of drug-likeness (QED) is 0.811. The molecule has 0 unspecified atom stereocenters. The molecule has 1 fully saturated rings. The van der Waals surface area contributed by atoms with Gasteiger partial charge in [0.25, 0.3) is 0 Å². The molecular formula is C17H26N2O2. The van der Waals surface area contributed by atoms with Crippen LogP contribution in [-0.2, 0) is 11.3 Å². The number of benzene rings is 1. The van der Waals surface area contributed by atoms with Crippen molar-refractivity contribution in [1.82, 2.24) is 10.6 Å². The first-order valence-electron chi connectivity index (χ1n) is 7.68. The van der Waals surface area contributed by atoms with Crippen LogP contribution in [0.2, 0.25) is 0 Å². The fourth-order valence-electron chi connectivity index (χ4n) is 1.86. The first kappa shape index (κ1) is 15.8. The third-order valence-electron chi connectivity index (χ3n) is 3.29. The molecule has 2 rings (SSSR count). The maximum absolute atomic E-state index is 11.5. The van der Waals surface area contributed by atoms with Crippen LogP contribution in [0.15, 0.2) is 24.3 Å². The van der Waals surface area contributed by atoms with Crippen LogP contribution in [0.5, 0.6) is 5.75 Å². The van der Waals surface area contributed by atoms with Gasteiger partial charge in [-0.25, -0.2) is 0 Å². The summed E-state index contributed by atoms with van der Waals surface area (Å²) in [4.78, 5) is 11.5. The Morgan fingerprint density at radius 2 is 1.90 bits per heavy atom. The summed E-state index contributed by atoms with van der Waals surface area (Å²) >= 11 is 0. The third-order valence-corrected chi connectivity index (χ3v) is 3.29. The summed E-state index contributed by atoms with van der Waals surface area (Å²) in [5.74, 6) is 0.900. The van der Waals surface area contributed by atoms with Gasteiger partial charge in [0.2, 0.25) is 5.91 Å².